The van der Waals surface area contributed by atoms with Crippen LogP contribution in [0.5, 0.6) is 0 Å². The van der Waals surface area contributed by atoms with Gasteiger partial charge in [-0.15, -0.1) is 0 Å². The third-order valence-corrected chi connectivity index (χ3v) is 1.81. The number of carbonyl (C=O) groups is 1. The van der Waals surface area contributed by atoms with Gasteiger partial charge in [-0.2, -0.15) is 0 Å². The van der Waals surface area contributed by atoms with E-state index in [1.807, 2.05) is 0 Å². The van der Waals surface area contributed by atoms with E-state index >= 15 is 0 Å². The van der Waals surface area contributed by atoms with Crippen molar-refractivity contribution < 1.29 is 14.6 Å². The van der Waals surface area contributed by atoms with Crippen LogP contribution in [0.2, 0.25) is 0 Å². The van der Waals surface area contributed by atoms with Crippen molar-refractivity contribution in [2.75, 3.05) is 0 Å². The molecule has 0 aromatic heterocycles. The summed E-state index contributed by atoms with van der Waals surface area (Å²) in [6.45, 7) is 3.46. The minimum atomic E-state index is -0.757. The minimum Gasteiger partial charge on any atom is -0.368 e. The van der Waals surface area contributed by atoms with Gasteiger partial charge in [0.05, 0.1) is 0 Å². The quantitative estimate of drug-likeness (QED) is 0.532. The molecule has 1 aliphatic heterocycles. The monoisotopic (exact) mass is 144 g/mol. The average molecular weight is 144 g/mol. The maximum atomic E-state index is 10.9. The number of Topliss-reactive ketones (excluding diaryl/α,β-unsaturated/α-hetero) is 1. The first-order valence-corrected chi connectivity index (χ1v) is 3.47. The Morgan fingerprint density at radius 3 is 2.70 bits per heavy atom. The van der Waals surface area contributed by atoms with Crippen molar-refractivity contribution in [3.05, 3.63) is 0 Å². The molecule has 0 spiro atoms. The van der Waals surface area contributed by atoms with Crippen molar-refractivity contribution in [1.29, 1.82) is 0 Å². The zero-order chi connectivity index (χ0) is 7.72. The second kappa shape index (κ2) is 2.68. The number of carbonyl (C=O) groups excluding carboxylic acids is 1. The molecule has 1 saturated heterocycles. The highest BCUT2D eigenvalue weighted by Crippen LogP contribution is 2.19. The summed E-state index contributed by atoms with van der Waals surface area (Å²) in [6, 6.07) is 0. The van der Waals surface area contributed by atoms with Crippen molar-refractivity contribution in [2.45, 2.75) is 32.7 Å². The first-order valence-electron chi connectivity index (χ1n) is 3.47. The van der Waals surface area contributed by atoms with Crippen LogP contribution >= 0.6 is 0 Å². The highest BCUT2D eigenvalue weighted by molar-refractivity contribution is 5.83. The van der Waals surface area contributed by atoms with Crippen molar-refractivity contribution in [1.82, 2.24) is 0 Å². The molecule has 10 heavy (non-hydrogen) atoms. The fourth-order valence-electron chi connectivity index (χ4n) is 1.00. The van der Waals surface area contributed by atoms with Gasteiger partial charge >= 0.3 is 0 Å². The van der Waals surface area contributed by atoms with Gasteiger partial charge in [-0.1, -0.05) is 6.92 Å². The fraction of sp³-hybridized carbons (Fsp3) is 0.857. The molecule has 1 fully saturated rings. The van der Waals surface area contributed by atoms with E-state index < -0.39 is 12.4 Å². The standard InChI is InChI=1S/C7H12O3/c1-4-3-6(8)5(2)10-7(4)9/h4-5,7,9H,3H2,1-2H3. The molecule has 3 heteroatoms. The summed E-state index contributed by atoms with van der Waals surface area (Å²) in [5, 5.41) is 9.09. The van der Waals surface area contributed by atoms with Crippen LogP contribution in [0.25, 0.3) is 0 Å². The first kappa shape index (κ1) is 7.69. The Morgan fingerprint density at radius 2 is 2.20 bits per heavy atom. The normalized spacial score (nSPS) is 41.9. The Hall–Kier alpha value is -0.410. The molecular weight excluding hydrogens is 132 g/mol. The summed E-state index contributed by atoms with van der Waals surface area (Å²) in [7, 11) is 0. The molecule has 0 saturated carbocycles. The Kier molecular flexibility index (Phi) is 2.06. The van der Waals surface area contributed by atoms with E-state index in [-0.39, 0.29) is 11.7 Å². The van der Waals surface area contributed by atoms with Crippen LogP contribution in [-0.4, -0.2) is 23.3 Å². The number of hydrogen-bond acceptors (Lipinski definition) is 3. The van der Waals surface area contributed by atoms with E-state index in [0.29, 0.717) is 6.42 Å². The molecule has 1 N–H and O–H groups in total. The third kappa shape index (κ3) is 1.36. The molecular formula is C7H12O3. The van der Waals surface area contributed by atoms with Crippen LogP contribution in [0.3, 0.4) is 0 Å². The van der Waals surface area contributed by atoms with Crippen molar-refractivity contribution in [3.63, 3.8) is 0 Å². The topological polar surface area (TPSA) is 46.5 Å². The van der Waals surface area contributed by atoms with Crippen LogP contribution in [0.4, 0.5) is 0 Å². The number of ketones is 1. The van der Waals surface area contributed by atoms with E-state index in [9.17, 15) is 4.79 Å². The fourth-order valence-corrected chi connectivity index (χ4v) is 1.00. The number of rotatable bonds is 0. The molecule has 3 atom stereocenters. The largest absolute Gasteiger partial charge is 0.368 e. The lowest BCUT2D eigenvalue weighted by molar-refractivity contribution is -0.189. The van der Waals surface area contributed by atoms with Crippen LogP contribution in [-0.2, 0) is 9.53 Å². The maximum Gasteiger partial charge on any atom is 0.161 e. The SMILES string of the molecule is CC1OC(O)C(C)CC1=O. The van der Waals surface area contributed by atoms with Gasteiger partial charge in [0.2, 0.25) is 0 Å². The van der Waals surface area contributed by atoms with Crippen LogP contribution in [0.1, 0.15) is 20.3 Å². The van der Waals surface area contributed by atoms with E-state index in [4.69, 9.17) is 9.84 Å². The van der Waals surface area contributed by atoms with Gasteiger partial charge in [-0.05, 0) is 6.92 Å². The molecule has 1 rings (SSSR count). The molecule has 0 aromatic carbocycles. The lowest BCUT2D eigenvalue weighted by Crippen LogP contribution is -2.38. The van der Waals surface area contributed by atoms with Gasteiger partial charge in [0.1, 0.15) is 6.10 Å². The van der Waals surface area contributed by atoms with Crippen molar-refractivity contribution >= 4 is 5.78 Å². The predicted molar refractivity (Wildman–Crippen MR) is 35.3 cm³/mol. The van der Waals surface area contributed by atoms with Gasteiger partial charge in [0.15, 0.2) is 12.1 Å². The summed E-state index contributed by atoms with van der Waals surface area (Å²) in [4.78, 5) is 10.9. The van der Waals surface area contributed by atoms with Gasteiger partial charge in [-0.3, -0.25) is 4.79 Å². The molecule has 0 aromatic rings. The van der Waals surface area contributed by atoms with Crippen LogP contribution in [0, 0.1) is 5.92 Å². The summed E-state index contributed by atoms with van der Waals surface area (Å²) < 4.78 is 4.92. The van der Waals surface area contributed by atoms with Gasteiger partial charge in [0.25, 0.3) is 0 Å². The smallest absolute Gasteiger partial charge is 0.161 e. The van der Waals surface area contributed by atoms with Gasteiger partial charge in [-0.25, -0.2) is 0 Å². The zero-order valence-corrected chi connectivity index (χ0v) is 6.20. The zero-order valence-electron chi connectivity index (χ0n) is 6.20. The molecule has 1 heterocycles. The molecule has 3 nitrogen and oxygen atoms in total. The summed E-state index contributed by atoms with van der Waals surface area (Å²) in [5.41, 5.74) is 0. The second-order valence-electron chi connectivity index (χ2n) is 2.82. The maximum absolute atomic E-state index is 10.9. The third-order valence-electron chi connectivity index (χ3n) is 1.81. The summed E-state index contributed by atoms with van der Waals surface area (Å²) in [6.07, 6.45) is -0.749. The predicted octanol–water partition coefficient (Wildman–Crippen LogP) is 0.319. The van der Waals surface area contributed by atoms with Crippen LogP contribution < -0.4 is 0 Å². The summed E-state index contributed by atoms with van der Waals surface area (Å²) >= 11 is 0. The number of ether oxygens (including phenoxy) is 1. The molecule has 1 aliphatic rings. The molecule has 0 aliphatic carbocycles. The highest BCUT2D eigenvalue weighted by Gasteiger charge is 2.29. The Morgan fingerprint density at radius 1 is 1.60 bits per heavy atom. The van der Waals surface area contributed by atoms with Gasteiger partial charge < -0.3 is 9.84 Å². The average Bonchev–Trinajstić information content (AvgIpc) is 1.84. The molecule has 0 bridgehead atoms. The lowest BCUT2D eigenvalue weighted by Gasteiger charge is -2.28. The minimum absolute atomic E-state index is 0.0521. The molecule has 3 unspecified atom stereocenters. The van der Waals surface area contributed by atoms with E-state index in [1.54, 1.807) is 13.8 Å². The lowest BCUT2D eigenvalue weighted by atomic mass is 9.98. The number of aliphatic hydroxyl groups is 1. The van der Waals surface area contributed by atoms with Crippen molar-refractivity contribution in [2.24, 2.45) is 5.92 Å². The second-order valence-corrected chi connectivity index (χ2v) is 2.82. The Labute approximate surface area is 60.0 Å². The van der Waals surface area contributed by atoms with E-state index in [1.165, 1.54) is 0 Å². The van der Waals surface area contributed by atoms with E-state index in [0.717, 1.165) is 0 Å². The molecule has 0 amide bonds. The molecule has 0 radical (unpaired) electrons. The first-order chi connectivity index (χ1) is 4.61. The number of aliphatic hydroxyl groups excluding tert-OH is 1. The van der Waals surface area contributed by atoms with Crippen LogP contribution in [0.15, 0.2) is 0 Å². The van der Waals surface area contributed by atoms with Crippen molar-refractivity contribution in [3.8, 4) is 0 Å². The number of hydrogen-bond donors (Lipinski definition) is 1. The summed E-state index contributed by atoms with van der Waals surface area (Å²) in [5.74, 6) is 0.0292. The Balaban J connectivity index is 2.54. The Bertz CT molecular complexity index is 144. The molecule has 58 valence electrons. The van der Waals surface area contributed by atoms with E-state index in [2.05, 4.69) is 0 Å². The van der Waals surface area contributed by atoms with Gasteiger partial charge in [0, 0.05) is 12.3 Å². The highest BCUT2D eigenvalue weighted by atomic mass is 16.6.